The predicted molar refractivity (Wildman–Crippen MR) is 188 cm³/mol. The lowest BCUT2D eigenvalue weighted by molar-refractivity contribution is -0.151. The van der Waals surface area contributed by atoms with E-state index >= 15 is 4.11 Å². The van der Waals surface area contributed by atoms with E-state index in [1.54, 1.807) is 22.9 Å². The van der Waals surface area contributed by atoms with Gasteiger partial charge in [0.25, 0.3) is 5.91 Å². The highest BCUT2D eigenvalue weighted by molar-refractivity contribution is 6.72. The van der Waals surface area contributed by atoms with Gasteiger partial charge in [0, 0.05) is 29.3 Å². The van der Waals surface area contributed by atoms with Gasteiger partial charge in [-0.1, -0.05) is 61.5 Å². The molecule has 3 aromatic carbocycles. The molecule has 6 atom stereocenters. The van der Waals surface area contributed by atoms with Crippen molar-refractivity contribution >= 4 is 37.5 Å². The lowest BCUT2D eigenvalue weighted by Crippen LogP contribution is -2.48. The van der Waals surface area contributed by atoms with Gasteiger partial charge in [0.1, 0.15) is 0 Å². The minimum atomic E-state index is -3.49. The van der Waals surface area contributed by atoms with Crippen molar-refractivity contribution in [2.75, 3.05) is 23.4 Å². The van der Waals surface area contributed by atoms with Crippen LogP contribution in [0.4, 0.5) is 15.5 Å². The molecule has 3 aromatic rings. The van der Waals surface area contributed by atoms with Crippen molar-refractivity contribution in [3.63, 3.8) is 0 Å². The molecule has 0 bridgehead atoms. The Labute approximate surface area is 288 Å². The van der Waals surface area contributed by atoms with Crippen molar-refractivity contribution < 1.29 is 28.3 Å². The van der Waals surface area contributed by atoms with Gasteiger partial charge in [0.05, 0.1) is 43.4 Å². The number of nitrogens with one attached hydrogen (secondary N) is 2. The summed E-state index contributed by atoms with van der Waals surface area (Å²) in [4.78, 5) is 45.0. The first-order valence-corrected chi connectivity index (χ1v) is 20.3. The van der Waals surface area contributed by atoms with Crippen LogP contribution in [0.25, 0.3) is 0 Å². The smallest absolute Gasteiger partial charge is 0.264 e. The average Bonchev–Trinajstić information content (AvgIpc) is 3.78. The van der Waals surface area contributed by atoms with Gasteiger partial charge in [-0.15, -0.1) is 0 Å². The standard InChI is InChI=1S/C38H45FN4O5Si/c1-24-35(49(2,3)39)33(20-34(45)42-22-27-12-5-4-11-26(27)19-29(42)23-44)48-38(24)30-14-6-7-16-32(30)43(37(38)47)21-25-10-8-13-28(18-25)41-36(46)31-15-9-17-40-31/h4-8,10-14,16,18,24,29,31,33,35,40,44H,9,15,17,19-23H2,1-3H3,(H,41,46)/t24-,29-,31+,33+,35-,38+/m0/s1. The SMILES string of the molecule is C[C@H]1[C@H]([Si](C)(C)F)[C@@H](CC(=O)N2Cc3ccccc3C[C@H]2CO)O[C@]12C(=O)N(Cc1cccc(NC(=O)[C@H]3CCCN3)c1)c1ccccc12. The summed E-state index contributed by atoms with van der Waals surface area (Å²) in [5.74, 6) is -1.10. The molecule has 0 aromatic heterocycles. The summed E-state index contributed by atoms with van der Waals surface area (Å²) >= 11 is 0. The van der Waals surface area contributed by atoms with Gasteiger partial charge in [-0.25, -0.2) is 0 Å². The van der Waals surface area contributed by atoms with E-state index in [-0.39, 0.29) is 49.4 Å². The molecule has 2 saturated heterocycles. The minimum Gasteiger partial charge on any atom is -0.394 e. The number of amides is 3. The molecule has 4 aliphatic heterocycles. The molecule has 4 heterocycles. The van der Waals surface area contributed by atoms with E-state index in [4.69, 9.17) is 4.74 Å². The summed E-state index contributed by atoms with van der Waals surface area (Å²) in [5.41, 5.74) is 2.92. The number of nitrogens with zero attached hydrogens (tertiary/aromatic N) is 2. The lowest BCUT2D eigenvalue weighted by atomic mass is 9.82. The van der Waals surface area contributed by atoms with E-state index in [0.717, 1.165) is 36.1 Å². The Morgan fingerprint density at radius 3 is 2.57 bits per heavy atom. The fourth-order valence-corrected chi connectivity index (χ4v) is 11.3. The first-order chi connectivity index (χ1) is 23.5. The molecule has 0 aliphatic carbocycles. The second-order valence-electron chi connectivity index (χ2n) is 14.6. The van der Waals surface area contributed by atoms with Gasteiger partial charge in [-0.3, -0.25) is 14.4 Å². The highest BCUT2D eigenvalue weighted by Crippen LogP contribution is 2.60. The largest absolute Gasteiger partial charge is 0.394 e. The van der Waals surface area contributed by atoms with Crippen LogP contribution in [-0.4, -0.2) is 67.5 Å². The topological polar surface area (TPSA) is 111 Å². The number of hydrogen-bond donors (Lipinski definition) is 3. The zero-order chi connectivity index (χ0) is 34.5. The van der Waals surface area contributed by atoms with E-state index < -0.39 is 31.6 Å². The predicted octanol–water partition coefficient (Wildman–Crippen LogP) is 5.03. The second kappa shape index (κ2) is 13.1. The monoisotopic (exact) mass is 684 g/mol. The van der Waals surface area contributed by atoms with Crippen molar-refractivity contribution in [1.82, 2.24) is 10.2 Å². The van der Waals surface area contributed by atoms with Gasteiger partial charge in [0.2, 0.25) is 20.2 Å². The van der Waals surface area contributed by atoms with Crippen LogP contribution in [-0.2, 0) is 44.2 Å². The summed E-state index contributed by atoms with van der Waals surface area (Å²) < 4.78 is 23.2. The van der Waals surface area contributed by atoms with E-state index in [2.05, 4.69) is 10.6 Å². The van der Waals surface area contributed by atoms with Crippen LogP contribution >= 0.6 is 0 Å². The Balaban J connectivity index is 1.16. The molecule has 0 unspecified atom stereocenters. The number of carbonyl (C=O) groups excluding carboxylic acids is 3. The van der Waals surface area contributed by atoms with Gasteiger partial charge < -0.3 is 34.4 Å². The molecule has 258 valence electrons. The Bertz CT molecular complexity index is 1760. The fourth-order valence-electron chi connectivity index (χ4n) is 8.76. The van der Waals surface area contributed by atoms with Crippen molar-refractivity contribution in [2.24, 2.45) is 5.92 Å². The number of aliphatic hydroxyl groups is 1. The van der Waals surface area contributed by atoms with Crippen LogP contribution in [0, 0.1) is 5.92 Å². The third-order valence-electron chi connectivity index (χ3n) is 11.0. The van der Waals surface area contributed by atoms with Crippen molar-refractivity contribution in [2.45, 2.75) is 88.1 Å². The molecule has 1 spiro atoms. The number of halogens is 1. The van der Waals surface area contributed by atoms with Gasteiger partial charge >= 0.3 is 0 Å². The quantitative estimate of drug-likeness (QED) is 0.227. The number of ether oxygens (including phenoxy) is 1. The molecule has 7 rings (SSSR count). The number of hydrogen-bond acceptors (Lipinski definition) is 6. The molecule has 0 radical (unpaired) electrons. The van der Waals surface area contributed by atoms with Crippen LogP contribution in [0.3, 0.4) is 0 Å². The van der Waals surface area contributed by atoms with E-state index in [9.17, 15) is 19.5 Å². The number of benzene rings is 3. The molecule has 3 N–H and O–H groups in total. The van der Waals surface area contributed by atoms with Crippen LogP contribution in [0.15, 0.2) is 72.8 Å². The third-order valence-corrected chi connectivity index (χ3v) is 13.5. The highest BCUT2D eigenvalue weighted by atomic mass is 28.4. The molecule has 2 fully saturated rings. The zero-order valence-electron chi connectivity index (χ0n) is 28.3. The summed E-state index contributed by atoms with van der Waals surface area (Å²) in [5, 5.41) is 16.5. The Hall–Kier alpha value is -3.90. The molecule has 3 amide bonds. The minimum absolute atomic E-state index is 0.0758. The molecule has 49 heavy (non-hydrogen) atoms. The van der Waals surface area contributed by atoms with Crippen LogP contribution in [0.2, 0.25) is 18.6 Å². The third kappa shape index (κ3) is 6.00. The van der Waals surface area contributed by atoms with Crippen LogP contribution < -0.4 is 15.5 Å². The number of carbonyl (C=O) groups is 3. The molecule has 9 nitrogen and oxygen atoms in total. The van der Waals surface area contributed by atoms with Crippen LogP contribution in [0.5, 0.6) is 0 Å². The summed E-state index contributed by atoms with van der Waals surface area (Å²) in [6.07, 6.45) is 1.41. The average molecular weight is 685 g/mol. The maximum Gasteiger partial charge on any atom is 0.264 e. The number of rotatable bonds is 8. The number of para-hydroxylation sites is 1. The second-order valence-corrected chi connectivity index (χ2v) is 18.3. The van der Waals surface area contributed by atoms with Crippen molar-refractivity contribution in [3.05, 3.63) is 95.1 Å². The molecule has 0 saturated carbocycles. The normalized spacial score (nSPS) is 27.8. The summed E-state index contributed by atoms with van der Waals surface area (Å²) in [7, 11) is -3.49. The Morgan fingerprint density at radius 2 is 1.84 bits per heavy atom. The first kappa shape index (κ1) is 33.6. The van der Waals surface area contributed by atoms with E-state index in [1.807, 2.05) is 79.7 Å². The maximum atomic E-state index is 16.4. The number of anilines is 2. The summed E-state index contributed by atoms with van der Waals surface area (Å²) in [6.45, 7) is 6.39. The molecular weight excluding hydrogens is 640 g/mol. The maximum absolute atomic E-state index is 16.4. The zero-order valence-corrected chi connectivity index (χ0v) is 29.3. The lowest BCUT2D eigenvalue weighted by Gasteiger charge is -2.37. The van der Waals surface area contributed by atoms with E-state index in [0.29, 0.717) is 29.9 Å². The number of fused-ring (bicyclic) bond motifs is 3. The van der Waals surface area contributed by atoms with Crippen LogP contribution in [0.1, 0.15) is 48.4 Å². The molecular formula is C38H45FN4O5Si. The number of aliphatic hydroxyl groups excluding tert-OH is 1. The van der Waals surface area contributed by atoms with Crippen molar-refractivity contribution in [1.29, 1.82) is 0 Å². The Kier molecular flexibility index (Phi) is 8.97. The highest BCUT2D eigenvalue weighted by Gasteiger charge is 2.67. The van der Waals surface area contributed by atoms with Crippen molar-refractivity contribution in [3.8, 4) is 0 Å². The van der Waals surface area contributed by atoms with E-state index in [1.165, 1.54) is 0 Å². The van der Waals surface area contributed by atoms with Gasteiger partial charge in [0.15, 0.2) is 5.60 Å². The first-order valence-electron chi connectivity index (χ1n) is 17.4. The van der Waals surface area contributed by atoms with Gasteiger partial charge in [-0.2, -0.15) is 0 Å². The van der Waals surface area contributed by atoms with Gasteiger partial charge in [-0.05, 0) is 73.8 Å². The summed E-state index contributed by atoms with van der Waals surface area (Å²) in [6, 6.07) is 22.3. The molecule has 11 heteroatoms. The molecule has 4 aliphatic rings. The Morgan fingerprint density at radius 1 is 1.08 bits per heavy atom. The fraction of sp³-hybridized carbons (Fsp3) is 0.447.